The van der Waals surface area contributed by atoms with E-state index >= 15 is 0 Å². The zero-order chi connectivity index (χ0) is 14.0. The van der Waals surface area contributed by atoms with Crippen LogP contribution in [-0.4, -0.2) is 9.97 Å². The quantitative estimate of drug-likeness (QED) is 0.889. The summed E-state index contributed by atoms with van der Waals surface area (Å²) in [5.41, 5.74) is 6.45. The van der Waals surface area contributed by atoms with Crippen LogP contribution in [0.3, 0.4) is 0 Å². The summed E-state index contributed by atoms with van der Waals surface area (Å²) in [5, 5.41) is 4.04. The largest absolute Gasteiger partial charge is 0.384 e. The Labute approximate surface area is 122 Å². The number of aromatic nitrogens is 2. The van der Waals surface area contributed by atoms with Crippen LogP contribution in [0.2, 0.25) is 10.0 Å². The highest BCUT2D eigenvalue weighted by atomic mass is 35.5. The Hall–Kier alpha value is -1.52. The van der Waals surface area contributed by atoms with Gasteiger partial charge in [0.05, 0.1) is 15.7 Å². The van der Waals surface area contributed by atoms with E-state index in [-0.39, 0.29) is 5.92 Å². The molecule has 4 nitrogen and oxygen atoms in total. The van der Waals surface area contributed by atoms with Gasteiger partial charge in [-0.15, -0.1) is 0 Å². The van der Waals surface area contributed by atoms with Crippen LogP contribution in [0.5, 0.6) is 0 Å². The number of nitrogens with two attached hydrogens (primary N) is 1. The number of nitrogen functional groups attached to an aromatic ring is 1. The minimum atomic E-state index is 0.193. The fourth-order valence-electron chi connectivity index (χ4n) is 1.55. The molecule has 0 aliphatic rings. The monoisotopic (exact) mass is 296 g/mol. The molecule has 0 aliphatic carbocycles. The molecule has 0 aliphatic heterocycles. The molecule has 0 saturated heterocycles. The first-order valence-corrected chi connectivity index (χ1v) is 6.58. The van der Waals surface area contributed by atoms with Crippen LogP contribution in [-0.2, 0) is 0 Å². The first-order chi connectivity index (χ1) is 8.97. The predicted octanol–water partition coefficient (Wildman–Crippen LogP) is 4.23. The third kappa shape index (κ3) is 3.28. The van der Waals surface area contributed by atoms with Crippen molar-refractivity contribution in [1.82, 2.24) is 9.97 Å². The third-order valence-electron chi connectivity index (χ3n) is 2.49. The maximum absolute atomic E-state index is 6.12. The molecule has 0 amide bonds. The lowest BCUT2D eigenvalue weighted by atomic mass is 10.2. The summed E-state index contributed by atoms with van der Waals surface area (Å²) in [6, 6.07) is 7.01. The first kappa shape index (κ1) is 13.9. The molecular formula is C13H14Cl2N4. The summed E-state index contributed by atoms with van der Waals surface area (Å²) in [6.07, 6.45) is 0. The maximum Gasteiger partial charge on any atom is 0.136 e. The van der Waals surface area contributed by atoms with Crippen LogP contribution in [0.25, 0.3) is 0 Å². The van der Waals surface area contributed by atoms with Crippen molar-refractivity contribution in [3.8, 4) is 0 Å². The molecule has 19 heavy (non-hydrogen) atoms. The average Bonchev–Trinajstić information content (AvgIpc) is 2.34. The van der Waals surface area contributed by atoms with Crippen molar-refractivity contribution in [3.05, 3.63) is 40.1 Å². The van der Waals surface area contributed by atoms with Crippen LogP contribution < -0.4 is 11.1 Å². The van der Waals surface area contributed by atoms with E-state index in [1.54, 1.807) is 12.1 Å². The smallest absolute Gasteiger partial charge is 0.136 e. The molecule has 2 rings (SSSR count). The van der Waals surface area contributed by atoms with Crippen LogP contribution in [0.15, 0.2) is 24.3 Å². The van der Waals surface area contributed by atoms with E-state index in [2.05, 4.69) is 15.3 Å². The Morgan fingerprint density at radius 1 is 1.21 bits per heavy atom. The molecule has 0 atom stereocenters. The van der Waals surface area contributed by atoms with Crippen LogP contribution in [0.1, 0.15) is 25.6 Å². The molecule has 6 heteroatoms. The topological polar surface area (TPSA) is 63.8 Å². The molecule has 0 unspecified atom stereocenters. The van der Waals surface area contributed by atoms with Crippen molar-refractivity contribution >= 4 is 40.5 Å². The Bertz CT molecular complexity index is 599. The molecular weight excluding hydrogens is 283 g/mol. The molecule has 0 fully saturated rings. The number of hydrogen-bond donors (Lipinski definition) is 2. The highest BCUT2D eigenvalue weighted by Crippen LogP contribution is 2.31. The van der Waals surface area contributed by atoms with E-state index in [1.165, 1.54) is 0 Å². The number of hydrogen-bond acceptors (Lipinski definition) is 4. The molecule has 1 heterocycles. The second-order valence-corrected chi connectivity index (χ2v) is 5.20. The number of nitrogens with one attached hydrogen (secondary N) is 1. The minimum Gasteiger partial charge on any atom is -0.384 e. The number of anilines is 3. The summed E-state index contributed by atoms with van der Waals surface area (Å²) in [6.45, 7) is 4.01. The molecule has 2 aromatic rings. The highest BCUT2D eigenvalue weighted by Gasteiger charge is 2.09. The van der Waals surface area contributed by atoms with Gasteiger partial charge in [-0.2, -0.15) is 0 Å². The van der Waals surface area contributed by atoms with Crippen molar-refractivity contribution in [2.75, 3.05) is 11.1 Å². The van der Waals surface area contributed by atoms with Crippen LogP contribution in [0.4, 0.5) is 17.3 Å². The van der Waals surface area contributed by atoms with Gasteiger partial charge in [0.25, 0.3) is 0 Å². The van der Waals surface area contributed by atoms with Gasteiger partial charge >= 0.3 is 0 Å². The Kier molecular flexibility index (Phi) is 4.12. The number of benzene rings is 1. The van der Waals surface area contributed by atoms with Gasteiger partial charge in [-0.05, 0) is 12.1 Å². The molecule has 1 aromatic heterocycles. The van der Waals surface area contributed by atoms with Gasteiger partial charge in [-0.25, -0.2) is 9.97 Å². The summed E-state index contributed by atoms with van der Waals surface area (Å²) in [5.74, 6) is 1.89. The normalized spacial score (nSPS) is 10.8. The number of nitrogens with zero attached hydrogens (tertiary/aromatic N) is 2. The molecule has 1 aromatic carbocycles. The SMILES string of the molecule is CC(C)c1nc(N)cc(Nc2cccc(Cl)c2Cl)n1. The second kappa shape index (κ2) is 5.63. The number of rotatable bonds is 3. The fraction of sp³-hybridized carbons (Fsp3) is 0.231. The van der Waals surface area contributed by atoms with Gasteiger partial charge in [0.15, 0.2) is 0 Å². The fourth-order valence-corrected chi connectivity index (χ4v) is 1.89. The Morgan fingerprint density at radius 2 is 1.95 bits per heavy atom. The van der Waals surface area contributed by atoms with Crippen molar-refractivity contribution in [1.29, 1.82) is 0 Å². The van der Waals surface area contributed by atoms with E-state index in [0.29, 0.717) is 33.2 Å². The molecule has 0 bridgehead atoms. The zero-order valence-corrected chi connectivity index (χ0v) is 12.1. The van der Waals surface area contributed by atoms with E-state index in [4.69, 9.17) is 28.9 Å². The summed E-state index contributed by atoms with van der Waals surface area (Å²) < 4.78 is 0. The van der Waals surface area contributed by atoms with Gasteiger partial charge < -0.3 is 11.1 Å². The summed E-state index contributed by atoms with van der Waals surface area (Å²) >= 11 is 12.1. The van der Waals surface area contributed by atoms with Crippen LogP contribution in [0, 0.1) is 0 Å². The van der Waals surface area contributed by atoms with Crippen molar-refractivity contribution in [2.24, 2.45) is 0 Å². The predicted molar refractivity (Wildman–Crippen MR) is 80.3 cm³/mol. The lowest BCUT2D eigenvalue weighted by Crippen LogP contribution is -2.05. The molecule has 0 spiro atoms. The van der Waals surface area contributed by atoms with E-state index in [0.717, 1.165) is 0 Å². The molecule has 0 radical (unpaired) electrons. The highest BCUT2D eigenvalue weighted by molar-refractivity contribution is 6.43. The maximum atomic E-state index is 6.12. The minimum absolute atomic E-state index is 0.193. The van der Waals surface area contributed by atoms with Gasteiger partial charge in [0, 0.05) is 12.0 Å². The van der Waals surface area contributed by atoms with Gasteiger partial charge in [-0.1, -0.05) is 43.1 Å². The third-order valence-corrected chi connectivity index (χ3v) is 3.31. The number of halogens is 2. The Balaban J connectivity index is 2.35. The average molecular weight is 297 g/mol. The van der Waals surface area contributed by atoms with Crippen molar-refractivity contribution in [2.45, 2.75) is 19.8 Å². The van der Waals surface area contributed by atoms with Gasteiger partial charge in [-0.3, -0.25) is 0 Å². The van der Waals surface area contributed by atoms with E-state index in [1.807, 2.05) is 26.0 Å². The van der Waals surface area contributed by atoms with E-state index < -0.39 is 0 Å². The molecule has 0 saturated carbocycles. The standard InChI is InChI=1S/C13H14Cl2N4/c1-7(2)13-18-10(16)6-11(19-13)17-9-5-3-4-8(14)12(9)15/h3-7H,1-2H3,(H3,16,17,18,19). The molecule has 3 N–H and O–H groups in total. The van der Waals surface area contributed by atoms with Crippen molar-refractivity contribution < 1.29 is 0 Å². The van der Waals surface area contributed by atoms with Gasteiger partial charge in [0.2, 0.25) is 0 Å². The first-order valence-electron chi connectivity index (χ1n) is 5.83. The Morgan fingerprint density at radius 3 is 2.63 bits per heavy atom. The van der Waals surface area contributed by atoms with E-state index in [9.17, 15) is 0 Å². The second-order valence-electron chi connectivity index (χ2n) is 4.42. The summed E-state index contributed by atoms with van der Waals surface area (Å²) in [7, 11) is 0. The van der Waals surface area contributed by atoms with Gasteiger partial charge in [0.1, 0.15) is 17.5 Å². The zero-order valence-electron chi connectivity index (χ0n) is 10.6. The summed E-state index contributed by atoms with van der Waals surface area (Å²) in [4.78, 5) is 8.58. The lowest BCUT2D eigenvalue weighted by molar-refractivity contribution is 0.779. The van der Waals surface area contributed by atoms with Crippen molar-refractivity contribution in [3.63, 3.8) is 0 Å². The molecule has 100 valence electrons. The lowest BCUT2D eigenvalue weighted by Gasteiger charge is -2.11. The van der Waals surface area contributed by atoms with Crippen LogP contribution >= 0.6 is 23.2 Å².